The van der Waals surface area contributed by atoms with Crippen molar-refractivity contribution in [2.24, 2.45) is 0 Å². The van der Waals surface area contributed by atoms with Crippen LogP contribution in [0.1, 0.15) is 22.7 Å². The van der Waals surface area contributed by atoms with E-state index in [-0.39, 0.29) is 11.3 Å². The molecule has 1 aliphatic rings. The molecule has 1 aromatic heterocycles. The smallest absolute Gasteiger partial charge is 0.295 e. The lowest BCUT2D eigenvalue weighted by molar-refractivity contribution is -0.139. The number of hydrogen-bond donors (Lipinski definition) is 2. The number of carbonyl (C=O) groups excluding carboxylic acids is 2. The van der Waals surface area contributed by atoms with Gasteiger partial charge in [-0.2, -0.15) is 0 Å². The summed E-state index contributed by atoms with van der Waals surface area (Å²) >= 11 is 0. The molecule has 0 radical (unpaired) electrons. The molecule has 3 aromatic carbocycles. The van der Waals surface area contributed by atoms with E-state index in [1.165, 1.54) is 4.90 Å². The van der Waals surface area contributed by atoms with Gasteiger partial charge in [0.1, 0.15) is 17.3 Å². The van der Waals surface area contributed by atoms with Gasteiger partial charge >= 0.3 is 0 Å². The van der Waals surface area contributed by atoms with Crippen molar-refractivity contribution in [1.82, 2.24) is 9.88 Å². The van der Waals surface area contributed by atoms with Gasteiger partial charge in [-0.3, -0.25) is 9.59 Å². The molecule has 2 heterocycles. The number of H-pyrrole nitrogens is 1. The Morgan fingerprint density at radius 3 is 2.44 bits per heavy atom. The third-order valence-electron chi connectivity index (χ3n) is 6.61. The fourth-order valence-electron chi connectivity index (χ4n) is 4.75. The summed E-state index contributed by atoms with van der Waals surface area (Å²) in [7, 11) is 3.11. The van der Waals surface area contributed by atoms with Crippen molar-refractivity contribution in [3.63, 3.8) is 0 Å². The zero-order valence-corrected chi connectivity index (χ0v) is 20.0. The number of aromatic nitrogens is 1. The highest BCUT2D eigenvalue weighted by Crippen LogP contribution is 2.40. The first kappa shape index (κ1) is 23.2. The van der Waals surface area contributed by atoms with Crippen LogP contribution in [0.2, 0.25) is 0 Å². The predicted molar refractivity (Wildman–Crippen MR) is 137 cm³/mol. The Bertz CT molecular complexity index is 1470. The molecule has 5 rings (SSSR count). The third-order valence-corrected chi connectivity index (χ3v) is 6.61. The lowest BCUT2D eigenvalue weighted by Gasteiger charge is -2.25. The Morgan fingerprint density at radius 1 is 0.944 bits per heavy atom. The Labute approximate surface area is 208 Å². The van der Waals surface area contributed by atoms with Gasteiger partial charge in [0.2, 0.25) is 0 Å². The maximum atomic E-state index is 13.3. The second kappa shape index (κ2) is 9.62. The summed E-state index contributed by atoms with van der Waals surface area (Å²) < 4.78 is 10.6. The highest BCUT2D eigenvalue weighted by molar-refractivity contribution is 6.46. The number of carbonyl (C=O) groups is 2. The van der Waals surface area contributed by atoms with E-state index in [1.54, 1.807) is 56.7 Å². The van der Waals surface area contributed by atoms with E-state index in [0.717, 1.165) is 16.5 Å². The van der Waals surface area contributed by atoms with Crippen molar-refractivity contribution in [2.45, 2.75) is 12.5 Å². The minimum Gasteiger partial charge on any atom is -0.507 e. The number of amides is 1. The first-order valence-electron chi connectivity index (χ1n) is 11.6. The predicted octanol–water partition coefficient (Wildman–Crippen LogP) is 4.85. The van der Waals surface area contributed by atoms with Crippen LogP contribution in [0.3, 0.4) is 0 Å². The third kappa shape index (κ3) is 4.09. The van der Waals surface area contributed by atoms with Crippen LogP contribution in [0.15, 0.2) is 84.6 Å². The molecule has 36 heavy (non-hydrogen) atoms. The summed E-state index contributed by atoms with van der Waals surface area (Å²) in [5.74, 6) is -0.361. The number of Topliss-reactive ketones (excluding diaryl/α,β-unsaturated/α-hetero) is 1. The van der Waals surface area contributed by atoms with Crippen molar-refractivity contribution in [1.29, 1.82) is 0 Å². The number of nitrogens with zero attached hydrogens (tertiary/aromatic N) is 1. The van der Waals surface area contributed by atoms with Crippen molar-refractivity contribution in [3.8, 4) is 11.5 Å². The number of hydrogen-bond acceptors (Lipinski definition) is 5. The number of aromatic amines is 1. The van der Waals surface area contributed by atoms with Gasteiger partial charge in [-0.1, -0.05) is 30.3 Å². The molecule has 1 fully saturated rings. The van der Waals surface area contributed by atoms with E-state index < -0.39 is 17.7 Å². The molecule has 1 amide bonds. The topological polar surface area (TPSA) is 91.9 Å². The molecule has 1 unspecified atom stereocenters. The second-order valence-corrected chi connectivity index (χ2v) is 8.61. The first-order valence-corrected chi connectivity index (χ1v) is 11.6. The number of ketones is 1. The fraction of sp³-hybridized carbons (Fsp3) is 0.172. The molecule has 4 aromatic rings. The van der Waals surface area contributed by atoms with Gasteiger partial charge < -0.3 is 24.5 Å². The van der Waals surface area contributed by atoms with E-state index in [2.05, 4.69) is 4.98 Å². The number of aliphatic hydroxyl groups excluding tert-OH is 1. The van der Waals surface area contributed by atoms with E-state index >= 15 is 0 Å². The Morgan fingerprint density at radius 2 is 1.69 bits per heavy atom. The van der Waals surface area contributed by atoms with Gasteiger partial charge in [0, 0.05) is 29.2 Å². The van der Waals surface area contributed by atoms with Crippen LogP contribution in [0.5, 0.6) is 11.5 Å². The zero-order chi connectivity index (χ0) is 25.2. The van der Waals surface area contributed by atoms with Gasteiger partial charge in [0.15, 0.2) is 0 Å². The highest BCUT2D eigenvalue weighted by Gasteiger charge is 2.46. The maximum absolute atomic E-state index is 13.3. The molecule has 1 saturated heterocycles. The number of rotatable bonds is 7. The van der Waals surface area contributed by atoms with Crippen molar-refractivity contribution in [3.05, 3.63) is 101 Å². The number of ether oxygens (including phenoxy) is 2. The molecule has 0 aliphatic carbocycles. The highest BCUT2D eigenvalue weighted by atomic mass is 16.5. The summed E-state index contributed by atoms with van der Waals surface area (Å²) in [6.45, 7) is 0.299. The molecule has 7 nitrogen and oxygen atoms in total. The number of fused-ring (bicyclic) bond motifs is 1. The van der Waals surface area contributed by atoms with Crippen LogP contribution in [-0.2, 0) is 16.0 Å². The number of aliphatic hydroxyl groups is 1. The van der Waals surface area contributed by atoms with Gasteiger partial charge in [-0.05, 0) is 60.0 Å². The molecule has 7 heteroatoms. The van der Waals surface area contributed by atoms with Gasteiger partial charge in [0.05, 0.1) is 25.8 Å². The Hall–Kier alpha value is -4.52. The lowest BCUT2D eigenvalue weighted by atomic mass is 9.95. The normalized spacial score (nSPS) is 17.1. The van der Waals surface area contributed by atoms with E-state index in [4.69, 9.17) is 9.47 Å². The molecule has 0 saturated carbocycles. The molecule has 1 aliphatic heterocycles. The number of para-hydroxylation sites is 1. The zero-order valence-electron chi connectivity index (χ0n) is 20.0. The molecule has 182 valence electrons. The maximum Gasteiger partial charge on any atom is 0.295 e. The number of likely N-dealkylation sites (tertiary alicyclic amines) is 1. The first-order chi connectivity index (χ1) is 17.5. The van der Waals surface area contributed by atoms with Crippen molar-refractivity contribution in [2.75, 3.05) is 20.8 Å². The summed E-state index contributed by atoms with van der Waals surface area (Å²) in [5.41, 5.74) is 3.23. The largest absolute Gasteiger partial charge is 0.507 e. The van der Waals surface area contributed by atoms with Crippen LogP contribution in [0.4, 0.5) is 0 Å². The minimum atomic E-state index is -0.757. The van der Waals surface area contributed by atoms with Crippen molar-refractivity contribution >= 4 is 28.4 Å². The number of methoxy groups -OCH3 is 2. The second-order valence-electron chi connectivity index (χ2n) is 8.61. The Balaban J connectivity index is 1.57. The average molecular weight is 483 g/mol. The van der Waals surface area contributed by atoms with E-state index in [0.29, 0.717) is 35.6 Å². The monoisotopic (exact) mass is 482 g/mol. The van der Waals surface area contributed by atoms with Gasteiger partial charge in [-0.25, -0.2) is 0 Å². The van der Waals surface area contributed by atoms with Gasteiger partial charge in [-0.15, -0.1) is 0 Å². The van der Waals surface area contributed by atoms with Crippen LogP contribution in [0.25, 0.3) is 16.7 Å². The molecular formula is C29H26N2O5. The molecule has 1 atom stereocenters. The lowest BCUT2D eigenvalue weighted by Crippen LogP contribution is -2.31. The van der Waals surface area contributed by atoms with E-state index in [1.807, 2.05) is 36.5 Å². The number of benzene rings is 3. The summed E-state index contributed by atoms with van der Waals surface area (Å²) in [6.07, 6.45) is 2.47. The SMILES string of the molecule is COc1ccc(/C(O)=C2\C(=O)C(=O)N(CCc3c[nH]c4ccccc34)C2c2cccc(OC)c2)cc1. The van der Waals surface area contributed by atoms with Crippen LogP contribution in [0, 0.1) is 0 Å². The molecule has 0 spiro atoms. The summed E-state index contributed by atoms with van der Waals surface area (Å²) in [6, 6.07) is 21.1. The van der Waals surface area contributed by atoms with Gasteiger partial charge in [0.25, 0.3) is 11.7 Å². The van der Waals surface area contributed by atoms with Crippen LogP contribution in [-0.4, -0.2) is 47.4 Å². The molecule has 0 bridgehead atoms. The molecular weight excluding hydrogens is 456 g/mol. The average Bonchev–Trinajstić information content (AvgIpc) is 3.45. The van der Waals surface area contributed by atoms with Crippen LogP contribution < -0.4 is 9.47 Å². The van der Waals surface area contributed by atoms with Crippen LogP contribution >= 0.6 is 0 Å². The quantitative estimate of drug-likeness (QED) is 0.223. The van der Waals surface area contributed by atoms with E-state index in [9.17, 15) is 14.7 Å². The van der Waals surface area contributed by atoms with Crippen molar-refractivity contribution < 1.29 is 24.2 Å². The summed E-state index contributed by atoms with van der Waals surface area (Å²) in [4.78, 5) is 31.4. The number of nitrogens with one attached hydrogen (secondary N) is 1. The minimum absolute atomic E-state index is 0.0531. The Kier molecular flexibility index (Phi) is 6.21. The standard InChI is InChI=1S/C29H26N2O5/c1-35-21-12-10-18(11-13-21)27(32)25-26(19-6-5-7-22(16-19)36-2)31(29(34)28(25)33)15-14-20-17-30-24-9-4-3-8-23(20)24/h3-13,16-17,26,30,32H,14-15H2,1-2H3/b27-25+. The summed E-state index contributed by atoms with van der Waals surface area (Å²) in [5, 5.41) is 12.3. The molecule has 2 N–H and O–H groups in total. The fourth-order valence-corrected chi connectivity index (χ4v) is 4.75.